The molecule has 0 aliphatic rings. The van der Waals surface area contributed by atoms with E-state index in [1.807, 2.05) is 24.3 Å². The Bertz CT molecular complexity index is 1810. The van der Waals surface area contributed by atoms with Crippen molar-refractivity contribution < 1.29 is 14.5 Å². The van der Waals surface area contributed by atoms with Gasteiger partial charge in [-0.05, 0) is 30.3 Å². The molecule has 1 heterocycles. The average Bonchev–Trinajstić information content (AvgIpc) is 2.96. The lowest BCUT2D eigenvalue weighted by atomic mass is 10.2. The van der Waals surface area contributed by atoms with Crippen LogP contribution >= 0.6 is 15.9 Å². The molecular weight excluding hydrogens is 578 g/mol. The first-order chi connectivity index (χ1) is 19.4. The summed E-state index contributed by atoms with van der Waals surface area (Å²) < 4.78 is 7.17. The number of aromatic nitrogens is 2. The summed E-state index contributed by atoms with van der Waals surface area (Å²) in [7, 11) is 0. The van der Waals surface area contributed by atoms with E-state index in [0.29, 0.717) is 26.6 Å². The number of amides is 1. The van der Waals surface area contributed by atoms with Gasteiger partial charge >= 0.3 is 5.69 Å². The number of rotatable bonds is 8. The molecule has 0 aliphatic heterocycles. The molecule has 0 saturated heterocycles. The SMILES string of the molecule is O=C(COc1c(C=Nn2c(-c3ccccc3)nc3ccccc3c2=O)cc(Br)cc1[N+](=O)[O-])Nc1ccccc1. The molecule has 0 unspecified atom stereocenters. The molecule has 0 spiro atoms. The van der Waals surface area contributed by atoms with Crippen LogP contribution in [-0.2, 0) is 4.79 Å². The third-order valence-electron chi connectivity index (χ3n) is 5.76. The Morgan fingerprint density at radius 3 is 2.42 bits per heavy atom. The Hall–Kier alpha value is -5.16. The fraction of sp³-hybridized carbons (Fsp3) is 0.0345. The van der Waals surface area contributed by atoms with Gasteiger partial charge in [-0.1, -0.05) is 76.6 Å². The topological polar surface area (TPSA) is 129 Å². The summed E-state index contributed by atoms with van der Waals surface area (Å²) in [5.41, 5.74) is 1.08. The molecule has 5 rings (SSSR count). The Balaban J connectivity index is 1.56. The molecule has 0 saturated carbocycles. The molecule has 0 bridgehead atoms. The van der Waals surface area contributed by atoms with Crippen molar-refractivity contribution in [2.24, 2.45) is 5.10 Å². The van der Waals surface area contributed by atoms with E-state index in [0.717, 1.165) is 4.68 Å². The quantitative estimate of drug-likeness (QED) is 0.140. The van der Waals surface area contributed by atoms with Gasteiger partial charge in [-0.15, -0.1) is 0 Å². The molecule has 0 aliphatic carbocycles. The Labute approximate surface area is 235 Å². The van der Waals surface area contributed by atoms with E-state index >= 15 is 0 Å². The fourth-order valence-corrected chi connectivity index (χ4v) is 4.43. The zero-order valence-corrected chi connectivity index (χ0v) is 22.3. The van der Waals surface area contributed by atoms with Crippen LogP contribution in [0.4, 0.5) is 11.4 Å². The highest BCUT2D eigenvalue weighted by Gasteiger charge is 2.22. The largest absolute Gasteiger partial charge is 0.476 e. The first-order valence-corrected chi connectivity index (χ1v) is 12.8. The van der Waals surface area contributed by atoms with Gasteiger partial charge in [0.1, 0.15) is 0 Å². The van der Waals surface area contributed by atoms with Gasteiger partial charge in [0.05, 0.1) is 22.0 Å². The van der Waals surface area contributed by atoms with Gasteiger partial charge in [-0.3, -0.25) is 19.7 Å². The van der Waals surface area contributed by atoms with Crippen molar-refractivity contribution >= 4 is 50.3 Å². The highest BCUT2D eigenvalue weighted by molar-refractivity contribution is 9.10. The molecule has 198 valence electrons. The molecule has 0 atom stereocenters. The van der Waals surface area contributed by atoms with Gasteiger partial charge in [-0.25, -0.2) is 4.98 Å². The normalized spacial score (nSPS) is 11.0. The summed E-state index contributed by atoms with van der Waals surface area (Å²) >= 11 is 3.28. The Morgan fingerprint density at radius 1 is 1.02 bits per heavy atom. The van der Waals surface area contributed by atoms with E-state index in [9.17, 15) is 19.7 Å². The number of carbonyl (C=O) groups excluding carboxylic acids is 1. The van der Waals surface area contributed by atoms with Crippen LogP contribution in [0.1, 0.15) is 5.56 Å². The van der Waals surface area contributed by atoms with E-state index in [1.165, 1.54) is 12.3 Å². The van der Waals surface area contributed by atoms with Crippen LogP contribution in [0.3, 0.4) is 0 Å². The van der Waals surface area contributed by atoms with Gasteiger partial charge in [0, 0.05) is 27.4 Å². The van der Waals surface area contributed by atoms with Gasteiger partial charge in [0.15, 0.2) is 12.4 Å². The molecular formula is C29H20BrN5O5. The number of anilines is 1. The summed E-state index contributed by atoms with van der Waals surface area (Å²) in [4.78, 5) is 41.9. The first-order valence-electron chi connectivity index (χ1n) is 12.0. The Morgan fingerprint density at radius 2 is 1.70 bits per heavy atom. The lowest BCUT2D eigenvalue weighted by Gasteiger charge is -2.12. The van der Waals surface area contributed by atoms with Crippen LogP contribution in [0.15, 0.2) is 111 Å². The number of benzene rings is 4. The van der Waals surface area contributed by atoms with Crippen molar-refractivity contribution in [2.45, 2.75) is 0 Å². The molecule has 1 N–H and O–H groups in total. The first kappa shape index (κ1) is 26.4. The number of nitro benzene ring substituents is 1. The van der Waals surface area contributed by atoms with Crippen molar-refractivity contribution in [3.05, 3.63) is 128 Å². The minimum Gasteiger partial charge on any atom is -0.476 e. The molecule has 5 aromatic rings. The molecule has 10 nitrogen and oxygen atoms in total. The van der Waals surface area contributed by atoms with Crippen molar-refractivity contribution in [2.75, 3.05) is 11.9 Å². The molecule has 1 amide bonds. The monoisotopic (exact) mass is 597 g/mol. The molecule has 0 radical (unpaired) electrons. The molecule has 1 aromatic heterocycles. The van der Waals surface area contributed by atoms with Crippen molar-refractivity contribution in [3.63, 3.8) is 0 Å². The van der Waals surface area contributed by atoms with Crippen LogP contribution in [0.25, 0.3) is 22.3 Å². The summed E-state index contributed by atoms with van der Waals surface area (Å²) in [5.74, 6) is -0.398. The molecule has 11 heteroatoms. The summed E-state index contributed by atoms with van der Waals surface area (Å²) in [6.07, 6.45) is 1.27. The predicted molar refractivity (Wildman–Crippen MR) is 156 cm³/mol. The van der Waals surface area contributed by atoms with E-state index in [4.69, 9.17) is 4.74 Å². The zero-order chi connectivity index (χ0) is 28.1. The van der Waals surface area contributed by atoms with Crippen molar-refractivity contribution in [1.82, 2.24) is 9.66 Å². The number of carbonyl (C=O) groups is 1. The fourth-order valence-electron chi connectivity index (χ4n) is 3.97. The number of ether oxygens (including phenoxy) is 1. The van der Waals surface area contributed by atoms with Crippen molar-refractivity contribution in [3.8, 4) is 17.1 Å². The summed E-state index contributed by atoms with van der Waals surface area (Å²) in [5, 5.41) is 19.3. The lowest BCUT2D eigenvalue weighted by Crippen LogP contribution is -2.21. The summed E-state index contributed by atoms with van der Waals surface area (Å²) in [6.45, 7) is -0.495. The van der Waals surface area contributed by atoms with Gasteiger partial charge < -0.3 is 10.1 Å². The third-order valence-corrected chi connectivity index (χ3v) is 6.22. The number of nitrogens with one attached hydrogen (secondary N) is 1. The number of para-hydroxylation sites is 2. The molecule has 0 fully saturated rings. The number of hydrogen-bond acceptors (Lipinski definition) is 7. The van der Waals surface area contributed by atoms with E-state index in [2.05, 4.69) is 31.3 Å². The minimum atomic E-state index is -0.619. The van der Waals surface area contributed by atoms with E-state index in [-0.39, 0.29) is 22.8 Å². The van der Waals surface area contributed by atoms with Gasteiger partial charge in [0.25, 0.3) is 11.5 Å². The predicted octanol–water partition coefficient (Wildman–Crippen LogP) is 5.63. The number of halogens is 1. The minimum absolute atomic E-state index is 0.174. The molecule has 40 heavy (non-hydrogen) atoms. The maximum atomic E-state index is 13.5. The highest BCUT2D eigenvalue weighted by atomic mass is 79.9. The highest BCUT2D eigenvalue weighted by Crippen LogP contribution is 2.34. The van der Waals surface area contributed by atoms with Crippen LogP contribution in [0, 0.1) is 10.1 Å². The number of fused-ring (bicyclic) bond motifs is 1. The summed E-state index contributed by atoms with van der Waals surface area (Å²) in [6, 6.07) is 27.5. The average molecular weight is 598 g/mol. The van der Waals surface area contributed by atoms with Crippen LogP contribution < -0.4 is 15.6 Å². The number of nitro groups is 1. The lowest BCUT2D eigenvalue weighted by molar-refractivity contribution is -0.385. The third kappa shape index (κ3) is 5.79. The smallest absolute Gasteiger partial charge is 0.312 e. The second kappa shape index (κ2) is 11.7. The number of hydrogen-bond donors (Lipinski definition) is 1. The van der Waals surface area contributed by atoms with Crippen LogP contribution in [0.5, 0.6) is 5.75 Å². The second-order valence-electron chi connectivity index (χ2n) is 8.48. The van der Waals surface area contributed by atoms with E-state index < -0.39 is 23.0 Å². The Kier molecular flexibility index (Phi) is 7.74. The second-order valence-corrected chi connectivity index (χ2v) is 9.40. The maximum absolute atomic E-state index is 13.5. The molecule has 4 aromatic carbocycles. The van der Waals surface area contributed by atoms with Gasteiger partial charge in [-0.2, -0.15) is 9.78 Å². The van der Waals surface area contributed by atoms with Crippen molar-refractivity contribution in [1.29, 1.82) is 0 Å². The maximum Gasteiger partial charge on any atom is 0.312 e. The zero-order valence-electron chi connectivity index (χ0n) is 20.7. The number of nitrogens with zero attached hydrogens (tertiary/aromatic N) is 4. The standard InChI is InChI=1S/C29H20BrN5O5/c30-21-15-20(27(25(16-21)35(38)39)40-18-26(36)32-22-11-5-2-6-12-22)17-31-34-28(19-9-3-1-4-10-19)33-24-14-8-7-13-23(24)29(34)37/h1-17H,18H2,(H,32,36). The van der Waals surface area contributed by atoms with Crippen LogP contribution in [-0.4, -0.2) is 33.3 Å². The van der Waals surface area contributed by atoms with Crippen LogP contribution in [0.2, 0.25) is 0 Å². The van der Waals surface area contributed by atoms with E-state index in [1.54, 1.807) is 66.7 Å². The van der Waals surface area contributed by atoms with Gasteiger partial charge in [0.2, 0.25) is 5.75 Å².